The van der Waals surface area contributed by atoms with E-state index in [9.17, 15) is 9.59 Å². The summed E-state index contributed by atoms with van der Waals surface area (Å²) >= 11 is 1.06. The Kier molecular flexibility index (Phi) is 3.61. The van der Waals surface area contributed by atoms with Crippen molar-refractivity contribution < 1.29 is 4.79 Å². The summed E-state index contributed by atoms with van der Waals surface area (Å²) in [4.78, 5) is 26.7. The fraction of sp³-hybridized carbons (Fsp3) is 0.692. The number of rotatable bonds is 1. The van der Waals surface area contributed by atoms with Crippen molar-refractivity contribution in [3.05, 3.63) is 20.2 Å². The van der Waals surface area contributed by atoms with Gasteiger partial charge in [-0.3, -0.25) is 9.59 Å². The lowest BCUT2D eigenvalue weighted by Crippen LogP contribution is -2.47. The molecule has 1 saturated heterocycles. The molecular formula is C13H20N2O2S. The third-order valence-corrected chi connectivity index (χ3v) is 5.04. The van der Waals surface area contributed by atoms with Crippen LogP contribution in [0.15, 0.2) is 4.79 Å². The summed E-state index contributed by atoms with van der Waals surface area (Å²) in [5.74, 6) is 0.0231. The summed E-state index contributed by atoms with van der Waals surface area (Å²) in [5, 5.41) is 0. The molecule has 1 fully saturated rings. The van der Waals surface area contributed by atoms with Crippen LogP contribution in [0.2, 0.25) is 0 Å². The number of likely N-dealkylation sites (tertiary alicyclic amines) is 1. The van der Waals surface area contributed by atoms with Crippen LogP contribution in [-0.4, -0.2) is 27.5 Å². The van der Waals surface area contributed by atoms with Gasteiger partial charge < -0.3 is 9.47 Å². The molecule has 2 rings (SSSR count). The first-order valence-electron chi connectivity index (χ1n) is 6.42. The molecule has 0 spiro atoms. The lowest BCUT2D eigenvalue weighted by Gasteiger charge is -2.38. The molecule has 18 heavy (non-hydrogen) atoms. The summed E-state index contributed by atoms with van der Waals surface area (Å²) in [6, 6.07) is 0.534. The molecule has 0 radical (unpaired) electrons. The first-order chi connectivity index (χ1) is 8.43. The number of carbonyl (C=O) groups excluding carboxylic acids is 1. The largest absolute Gasteiger partial charge is 0.332 e. The minimum atomic E-state index is -0.0619. The number of piperidine rings is 1. The molecule has 0 saturated carbocycles. The number of amides is 1. The van der Waals surface area contributed by atoms with Gasteiger partial charge in [-0.2, -0.15) is 0 Å². The molecule has 2 unspecified atom stereocenters. The standard InChI is InChI=1S/C13H20N2O2S/c1-8-6-5-7-9(2)15(8)12(16)11-10(3)14(4)13(17)18-11/h8-9H,5-7H2,1-4H3. The van der Waals surface area contributed by atoms with Crippen LogP contribution in [0.5, 0.6) is 0 Å². The van der Waals surface area contributed by atoms with Crippen molar-refractivity contribution in [1.29, 1.82) is 0 Å². The minimum absolute atomic E-state index is 0.0231. The minimum Gasteiger partial charge on any atom is -0.332 e. The predicted octanol–water partition coefficient (Wildman–Crippen LogP) is 2.16. The average Bonchev–Trinajstić information content (AvgIpc) is 2.56. The molecule has 4 nitrogen and oxygen atoms in total. The molecule has 0 aromatic carbocycles. The van der Waals surface area contributed by atoms with E-state index in [-0.39, 0.29) is 22.9 Å². The topological polar surface area (TPSA) is 42.3 Å². The van der Waals surface area contributed by atoms with Crippen LogP contribution in [0.25, 0.3) is 0 Å². The lowest BCUT2D eigenvalue weighted by molar-refractivity contribution is 0.0514. The van der Waals surface area contributed by atoms with Gasteiger partial charge in [0.15, 0.2) is 0 Å². The van der Waals surface area contributed by atoms with Crippen molar-refractivity contribution in [2.24, 2.45) is 7.05 Å². The molecule has 1 aromatic rings. The Hall–Kier alpha value is -1.10. The number of hydrogen-bond donors (Lipinski definition) is 0. The highest BCUT2D eigenvalue weighted by molar-refractivity contribution is 7.11. The van der Waals surface area contributed by atoms with E-state index in [1.54, 1.807) is 11.6 Å². The quantitative estimate of drug-likeness (QED) is 0.783. The first kappa shape index (κ1) is 13.3. The van der Waals surface area contributed by atoms with Crippen molar-refractivity contribution in [3.8, 4) is 0 Å². The Labute approximate surface area is 111 Å². The van der Waals surface area contributed by atoms with Crippen molar-refractivity contribution >= 4 is 17.2 Å². The number of hydrogen-bond acceptors (Lipinski definition) is 3. The van der Waals surface area contributed by atoms with E-state index in [0.717, 1.165) is 29.9 Å². The maximum Gasteiger partial charge on any atom is 0.307 e. The molecule has 1 aliphatic rings. The van der Waals surface area contributed by atoms with Gasteiger partial charge in [-0.25, -0.2) is 0 Å². The highest BCUT2D eigenvalue weighted by Gasteiger charge is 2.31. The molecule has 0 aliphatic carbocycles. The van der Waals surface area contributed by atoms with E-state index in [0.29, 0.717) is 4.88 Å². The van der Waals surface area contributed by atoms with Crippen LogP contribution in [-0.2, 0) is 7.05 Å². The molecule has 0 N–H and O–H groups in total. The summed E-state index contributed by atoms with van der Waals surface area (Å²) in [5.41, 5.74) is 0.778. The van der Waals surface area contributed by atoms with Crippen LogP contribution in [0, 0.1) is 6.92 Å². The van der Waals surface area contributed by atoms with E-state index in [1.807, 2.05) is 11.8 Å². The van der Waals surface area contributed by atoms with Crippen molar-refractivity contribution in [3.63, 3.8) is 0 Å². The third-order valence-electron chi connectivity index (χ3n) is 3.92. The lowest BCUT2D eigenvalue weighted by atomic mass is 9.97. The Bertz CT molecular complexity index is 508. The smallest absolute Gasteiger partial charge is 0.307 e. The summed E-state index contributed by atoms with van der Waals surface area (Å²) in [7, 11) is 1.72. The molecule has 5 heteroatoms. The van der Waals surface area contributed by atoms with Gasteiger partial charge in [0.05, 0.1) is 0 Å². The zero-order chi connectivity index (χ0) is 13.4. The number of carbonyl (C=O) groups is 1. The van der Waals surface area contributed by atoms with Crippen molar-refractivity contribution in [2.75, 3.05) is 0 Å². The Morgan fingerprint density at radius 1 is 1.28 bits per heavy atom. The fourth-order valence-electron chi connectivity index (χ4n) is 2.66. The molecule has 1 amide bonds. The first-order valence-corrected chi connectivity index (χ1v) is 7.24. The second-order valence-electron chi connectivity index (χ2n) is 5.18. The van der Waals surface area contributed by atoms with E-state index < -0.39 is 0 Å². The van der Waals surface area contributed by atoms with Crippen LogP contribution < -0.4 is 4.87 Å². The molecule has 2 atom stereocenters. The Balaban J connectivity index is 2.35. The van der Waals surface area contributed by atoms with E-state index in [1.165, 1.54) is 6.42 Å². The van der Waals surface area contributed by atoms with Gasteiger partial charge >= 0.3 is 4.87 Å². The van der Waals surface area contributed by atoms with Crippen LogP contribution in [0.3, 0.4) is 0 Å². The summed E-state index contributed by atoms with van der Waals surface area (Å²) in [6.07, 6.45) is 3.28. The normalized spacial score (nSPS) is 24.3. The number of thiazole rings is 1. The third kappa shape index (κ3) is 2.11. The second kappa shape index (κ2) is 4.88. The zero-order valence-electron chi connectivity index (χ0n) is 11.4. The molecule has 100 valence electrons. The van der Waals surface area contributed by atoms with Gasteiger partial charge in [0.2, 0.25) is 0 Å². The molecule has 1 aliphatic heterocycles. The highest BCUT2D eigenvalue weighted by atomic mass is 32.1. The summed E-state index contributed by atoms with van der Waals surface area (Å²) < 4.78 is 1.55. The van der Waals surface area contributed by atoms with E-state index in [4.69, 9.17) is 0 Å². The van der Waals surface area contributed by atoms with Gasteiger partial charge in [-0.1, -0.05) is 11.3 Å². The summed E-state index contributed by atoms with van der Waals surface area (Å²) in [6.45, 7) is 6.02. The average molecular weight is 268 g/mol. The second-order valence-corrected chi connectivity index (χ2v) is 6.14. The van der Waals surface area contributed by atoms with Crippen LogP contribution >= 0.6 is 11.3 Å². The molecule has 2 heterocycles. The van der Waals surface area contributed by atoms with Gasteiger partial charge in [-0.15, -0.1) is 0 Å². The molecular weight excluding hydrogens is 248 g/mol. The van der Waals surface area contributed by atoms with Gasteiger partial charge in [0.1, 0.15) is 4.88 Å². The maximum absolute atomic E-state index is 12.6. The van der Waals surface area contributed by atoms with Crippen molar-refractivity contribution in [1.82, 2.24) is 9.47 Å². The Morgan fingerprint density at radius 3 is 2.28 bits per heavy atom. The molecule has 1 aromatic heterocycles. The monoisotopic (exact) mass is 268 g/mol. The maximum atomic E-state index is 12.6. The number of aromatic nitrogens is 1. The predicted molar refractivity (Wildman–Crippen MR) is 73.2 cm³/mol. The number of nitrogens with zero attached hydrogens (tertiary/aromatic N) is 2. The van der Waals surface area contributed by atoms with E-state index in [2.05, 4.69) is 13.8 Å². The highest BCUT2D eigenvalue weighted by Crippen LogP contribution is 2.26. The zero-order valence-corrected chi connectivity index (χ0v) is 12.2. The van der Waals surface area contributed by atoms with Gasteiger partial charge in [0.25, 0.3) is 5.91 Å². The van der Waals surface area contributed by atoms with Gasteiger partial charge in [-0.05, 0) is 40.0 Å². The fourth-order valence-corrected chi connectivity index (χ4v) is 3.58. The SMILES string of the molecule is Cc1c(C(=O)N2C(C)CCCC2C)sc(=O)n1C. The molecule has 0 bridgehead atoms. The van der Waals surface area contributed by atoms with Crippen LogP contribution in [0.4, 0.5) is 0 Å². The van der Waals surface area contributed by atoms with Crippen LogP contribution in [0.1, 0.15) is 48.5 Å². The van der Waals surface area contributed by atoms with Crippen molar-refractivity contribution in [2.45, 2.75) is 52.1 Å². The Morgan fingerprint density at radius 2 is 1.83 bits per heavy atom. The van der Waals surface area contributed by atoms with Gasteiger partial charge in [0, 0.05) is 24.8 Å². The van der Waals surface area contributed by atoms with E-state index >= 15 is 0 Å².